The zero-order valence-electron chi connectivity index (χ0n) is 7.50. The van der Waals surface area contributed by atoms with Crippen molar-refractivity contribution in [3.05, 3.63) is 21.4 Å². The van der Waals surface area contributed by atoms with E-state index in [9.17, 15) is 0 Å². The van der Waals surface area contributed by atoms with Crippen LogP contribution in [0.2, 0.25) is 0 Å². The molecule has 1 heterocycles. The minimum atomic E-state index is 0.303. The van der Waals surface area contributed by atoms with Crippen molar-refractivity contribution in [2.75, 3.05) is 6.54 Å². The summed E-state index contributed by atoms with van der Waals surface area (Å²) in [6, 6.07) is 2.24. The van der Waals surface area contributed by atoms with Crippen molar-refractivity contribution in [3.8, 4) is 0 Å². The average Bonchev–Trinajstić information content (AvgIpc) is 2.30. The van der Waals surface area contributed by atoms with Crippen LogP contribution in [0.3, 0.4) is 0 Å². The molecule has 1 aromatic rings. The predicted octanol–water partition coefficient (Wildman–Crippen LogP) is 2.16. The fourth-order valence-electron chi connectivity index (χ4n) is 1.22. The predicted molar refractivity (Wildman–Crippen MR) is 59.3 cm³/mol. The molecule has 0 aliphatic heterocycles. The lowest BCUT2D eigenvalue weighted by molar-refractivity contribution is 0.857. The van der Waals surface area contributed by atoms with Crippen LogP contribution in [0.15, 0.2) is 6.07 Å². The number of hydrogen-bond acceptors (Lipinski definition) is 3. The number of thiophene rings is 1. The molecular weight excluding hydrogens is 186 g/mol. The number of aryl methyl sites for hydroxylation is 2. The molecule has 68 valence electrons. The number of thiol groups is 1. The molecule has 1 rings (SSSR count). The molecule has 1 atom stereocenters. The van der Waals surface area contributed by atoms with Gasteiger partial charge in [-0.1, -0.05) is 0 Å². The van der Waals surface area contributed by atoms with E-state index in [-0.39, 0.29) is 0 Å². The van der Waals surface area contributed by atoms with Crippen LogP contribution >= 0.6 is 24.0 Å². The van der Waals surface area contributed by atoms with Crippen molar-refractivity contribution in [1.82, 2.24) is 0 Å². The molecule has 12 heavy (non-hydrogen) atoms. The molecule has 1 unspecified atom stereocenters. The lowest BCUT2D eigenvalue weighted by Crippen LogP contribution is -2.16. The summed E-state index contributed by atoms with van der Waals surface area (Å²) in [5.41, 5.74) is 6.91. The topological polar surface area (TPSA) is 26.0 Å². The van der Waals surface area contributed by atoms with Crippen LogP contribution in [0.5, 0.6) is 0 Å². The molecule has 0 aromatic carbocycles. The first-order chi connectivity index (χ1) is 5.63. The molecular formula is C9H15NS2. The van der Waals surface area contributed by atoms with Gasteiger partial charge in [-0.2, -0.15) is 12.6 Å². The first-order valence-electron chi connectivity index (χ1n) is 4.07. The summed E-state index contributed by atoms with van der Waals surface area (Å²) >= 11 is 6.22. The van der Waals surface area contributed by atoms with Gasteiger partial charge in [-0.3, -0.25) is 0 Å². The highest BCUT2D eigenvalue weighted by molar-refractivity contribution is 7.81. The Morgan fingerprint density at radius 3 is 2.67 bits per heavy atom. The Morgan fingerprint density at radius 1 is 1.58 bits per heavy atom. The lowest BCUT2D eigenvalue weighted by atomic mass is 10.1. The van der Waals surface area contributed by atoms with Crippen LogP contribution in [-0.2, 0) is 6.42 Å². The number of nitrogens with two attached hydrogens (primary N) is 1. The van der Waals surface area contributed by atoms with Crippen molar-refractivity contribution >= 4 is 24.0 Å². The van der Waals surface area contributed by atoms with E-state index in [2.05, 4.69) is 32.5 Å². The zero-order valence-corrected chi connectivity index (χ0v) is 9.21. The van der Waals surface area contributed by atoms with Crippen molar-refractivity contribution in [1.29, 1.82) is 0 Å². The van der Waals surface area contributed by atoms with E-state index < -0.39 is 0 Å². The summed E-state index contributed by atoms with van der Waals surface area (Å²) in [7, 11) is 0. The summed E-state index contributed by atoms with van der Waals surface area (Å²) in [6.45, 7) is 4.94. The minimum Gasteiger partial charge on any atom is -0.329 e. The normalized spacial score (nSPS) is 13.3. The van der Waals surface area contributed by atoms with Crippen LogP contribution in [0.4, 0.5) is 0 Å². The average molecular weight is 201 g/mol. The molecule has 0 spiro atoms. The first-order valence-corrected chi connectivity index (χ1v) is 5.40. The Balaban J connectivity index is 2.68. The van der Waals surface area contributed by atoms with Crippen LogP contribution in [0.1, 0.15) is 15.3 Å². The van der Waals surface area contributed by atoms with Gasteiger partial charge in [0.15, 0.2) is 0 Å². The maximum Gasteiger partial charge on any atom is 0.0180 e. The smallest absolute Gasteiger partial charge is 0.0180 e. The van der Waals surface area contributed by atoms with E-state index >= 15 is 0 Å². The molecule has 0 saturated carbocycles. The van der Waals surface area contributed by atoms with E-state index in [4.69, 9.17) is 5.73 Å². The maximum atomic E-state index is 5.50. The minimum absolute atomic E-state index is 0.303. The first kappa shape index (κ1) is 10.1. The molecule has 0 fully saturated rings. The quantitative estimate of drug-likeness (QED) is 0.720. The van der Waals surface area contributed by atoms with E-state index in [1.54, 1.807) is 0 Å². The second kappa shape index (κ2) is 4.30. The molecule has 0 saturated heterocycles. The molecule has 1 aromatic heterocycles. The summed E-state index contributed by atoms with van der Waals surface area (Å²) in [5, 5.41) is 0.303. The largest absolute Gasteiger partial charge is 0.329 e. The third-order valence-corrected chi connectivity index (χ3v) is 3.27. The van der Waals surface area contributed by atoms with Gasteiger partial charge in [-0.05, 0) is 31.9 Å². The van der Waals surface area contributed by atoms with Crippen molar-refractivity contribution in [2.24, 2.45) is 5.73 Å². The standard InChI is InChI=1S/C9H15NS2/c1-6-3-8(7(2)12-6)4-9(11)5-10/h3,9,11H,4-5,10H2,1-2H3. The highest BCUT2D eigenvalue weighted by atomic mass is 32.1. The monoisotopic (exact) mass is 201 g/mol. The molecule has 0 radical (unpaired) electrons. The highest BCUT2D eigenvalue weighted by Gasteiger charge is 2.06. The third-order valence-electron chi connectivity index (χ3n) is 1.87. The van der Waals surface area contributed by atoms with Gasteiger partial charge in [0.2, 0.25) is 0 Å². The van der Waals surface area contributed by atoms with Crippen molar-refractivity contribution < 1.29 is 0 Å². The SMILES string of the molecule is Cc1cc(CC(S)CN)c(C)s1. The number of rotatable bonds is 3. The summed E-state index contributed by atoms with van der Waals surface area (Å²) < 4.78 is 0. The van der Waals surface area contributed by atoms with Gasteiger partial charge in [-0.15, -0.1) is 11.3 Å². The molecule has 0 aliphatic rings. The van der Waals surface area contributed by atoms with Crippen LogP contribution in [0, 0.1) is 13.8 Å². The molecule has 0 bridgehead atoms. The summed E-state index contributed by atoms with van der Waals surface area (Å²) in [5.74, 6) is 0. The van der Waals surface area contributed by atoms with E-state index in [0.717, 1.165) is 6.42 Å². The Hall–Kier alpha value is 0.01000. The van der Waals surface area contributed by atoms with Gasteiger partial charge in [0.25, 0.3) is 0 Å². The van der Waals surface area contributed by atoms with Crippen LogP contribution < -0.4 is 5.73 Å². The lowest BCUT2D eigenvalue weighted by Gasteiger charge is -2.05. The fraction of sp³-hybridized carbons (Fsp3) is 0.556. The van der Waals surface area contributed by atoms with Gasteiger partial charge >= 0.3 is 0 Å². The Kier molecular flexibility index (Phi) is 3.62. The van der Waals surface area contributed by atoms with Crippen LogP contribution in [-0.4, -0.2) is 11.8 Å². The number of hydrogen-bond donors (Lipinski definition) is 2. The van der Waals surface area contributed by atoms with E-state index in [0.29, 0.717) is 11.8 Å². The second-order valence-electron chi connectivity index (χ2n) is 3.03. The molecule has 1 nitrogen and oxygen atoms in total. The maximum absolute atomic E-state index is 5.50. The van der Waals surface area contributed by atoms with Gasteiger partial charge in [0, 0.05) is 21.5 Å². The van der Waals surface area contributed by atoms with Gasteiger partial charge < -0.3 is 5.73 Å². The van der Waals surface area contributed by atoms with E-state index in [1.165, 1.54) is 15.3 Å². The summed E-state index contributed by atoms with van der Waals surface area (Å²) in [4.78, 5) is 2.78. The highest BCUT2D eigenvalue weighted by Crippen LogP contribution is 2.22. The third kappa shape index (κ3) is 2.51. The zero-order chi connectivity index (χ0) is 9.14. The van der Waals surface area contributed by atoms with Gasteiger partial charge in [0.05, 0.1) is 0 Å². The molecule has 2 N–H and O–H groups in total. The van der Waals surface area contributed by atoms with Gasteiger partial charge in [0.1, 0.15) is 0 Å². The fourth-order valence-corrected chi connectivity index (χ4v) is 2.38. The van der Waals surface area contributed by atoms with E-state index in [1.807, 2.05) is 11.3 Å². The van der Waals surface area contributed by atoms with Crippen molar-refractivity contribution in [2.45, 2.75) is 25.5 Å². The van der Waals surface area contributed by atoms with Gasteiger partial charge in [-0.25, -0.2) is 0 Å². The molecule has 3 heteroatoms. The second-order valence-corrected chi connectivity index (χ2v) is 5.22. The Bertz CT molecular complexity index is 255. The Morgan fingerprint density at radius 2 is 2.25 bits per heavy atom. The van der Waals surface area contributed by atoms with Crippen LogP contribution in [0.25, 0.3) is 0 Å². The molecule has 0 amide bonds. The van der Waals surface area contributed by atoms with Crippen molar-refractivity contribution in [3.63, 3.8) is 0 Å². The Labute approximate surface area is 83.4 Å². The molecule has 0 aliphatic carbocycles. The summed E-state index contributed by atoms with van der Waals surface area (Å²) in [6.07, 6.45) is 0.996.